The Bertz CT molecular complexity index is 772. The van der Waals surface area contributed by atoms with Crippen LogP contribution in [0.15, 0.2) is 42.5 Å². The van der Waals surface area contributed by atoms with Crippen LogP contribution in [0.25, 0.3) is 0 Å². The van der Waals surface area contributed by atoms with E-state index in [2.05, 4.69) is 24.7 Å². The average molecular weight is 334 g/mol. The number of benzene rings is 2. The van der Waals surface area contributed by atoms with Gasteiger partial charge in [-0.05, 0) is 48.9 Å². The molecule has 0 saturated carbocycles. The van der Waals surface area contributed by atoms with E-state index in [0.717, 1.165) is 24.3 Å². The van der Waals surface area contributed by atoms with E-state index in [1.165, 1.54) is 31.7 Å². The number of hydrogen-bond donors (Lipinski definition) is 0. The first-order valence-corrected chi connectivity index (χ1v) is 8.74. The van der Waals surface area contributed by atoms with Gasteiger partial charge in [0.25, 0.3) is 0 Å². The van der Waals surface area contributed by atoms with Crippen molar-refractivity contribution in [2.45, 2.75) is 39.0 Å². The van der Waals surface area contributed by atoms with Crippen molar-refractivity contribution in [1.82, 2.24) is 0 Å². The zero-order valence-electron chi connectivity index (χ0n) is 14.6. The third kappa shape index (κ3) is 6.36. The van der Waals surface area contributed by atoms with Gasteiger partial charge in [-0.15, -0.1) is 6.42 Å². The number of unbranched alkanes of at least 4 members (excludes halogenated alkanes) is 4. The largest absolute Gasteiger partial charge is 0.494 e. The van der Waals surface area contributed by atoms with Gasteiger partial charge < -0.3 is 4.74 Å². The normalized spacial score (nSPS) is 9.80. The molecule has 0 fully saturated rings. The van der Waals surface area contributed by atoms with Gasteiger partial charge in [-0.1, -0.05) is 50.4 Å². The molecule has 0 atom stereocenters. The number of halogens is 1. The lowest BCUT2D eigenvalue weighted by Gasteiger charge is -2.05. The summed E-state index contributed by atoms with van der Waals surface area (Å²) in [5.74, 6) is 8.69. The average Bonchev–Trinajstić information content (AvgIpc) is 2.64. The van der Waals surface area contributed by atoms with Crippen LogP contribution >= 0.6 is 0 Å². The van der Waals surface area contributed by atoms with Crippen molar-refractivity contribution in [2.75, 3.05) is 6.61 Å². The van der Waals surface area contributed by atoms with Gasteiger partial charge in [0.05, 0.1) is 12.2 Å². The maximum atomic E-state index is 13.6. The molecular weight excluding hydrogens is 311 g/mol. The van der Waals surface area contributed by atoms with Crippen LogP contribution in [0.3, 0.4) is 0 Å². The van der Waals surface area contributed by atoms with Crippen LogP contribution in [0, 0.1) is 30.0 Å². The molecule has 1 nitrogen and oxygen atoms in total. The summed E-state index contributed by atoms with van der Waals surface area (Å²) in [5, 5.41) is 0. The number of terminal acetylenes is 1. The first-order chi connectivity index (χ1) is 12.2. The fraction of sp³-hybridized carbons (Fsp3) is 0.304. The maximum Gasteiger partial charge on any atom is 0.140 e. The second kappa shape index (κ2) is 10.2. The highest BCUT2D eigenvalue weighted by Crippen LogP contribution is 2.13. The van der Waals surface area contributed by atoms with Gasteiger partial charge >= 0.3 is 0 Å². The summed E-state index contributed by atoms with van der Waals surface area (Å²) in [6, 6.07) is 12.3. The third-order valence-corrected chi connectivity index (χ3v) is 3.85. The minimum Gasteiger partial charge on any atom is -0.494 e. The predicted octanol–water partition coefficient (Wildman–Crippen LogP) is 5.56. The standard InChI is InChI=1S/C23H23FO/c1-3-5-6-7-8-17-25-22-15-12-19(13-16-22)9-10-20-11-14-21(4-2)23(24)18-20/h2,11-16,18H,3,5-8,17H2,1H3. The smallest absolute Gasteiger partial charge is 0.140 e. The fourth-order valence-corrected chi connectivity index (χ4v) is 2.38. The highest BCUT2D eigenvalue weighted by molar-refractivity contribution is 5.46. The lowest BCUT2D eigenvalue weighted by Crippen LogP contribution is -1.97. The van der Waals surface area contributed by atoms with E-state index in [9.17, 15) is 4.39 Å². The van der Waals surface area contributed by atoms with Gasteiger partial charge in [0.15, 0.2) is 0 Å². The Balaban J connectivity index is 1.86. The highest BCUT2D eigenvalue weighted by atomic mass is 19.1. The van der Waals surface area contributed by atoms with E-state index in [-0.39, 0.29) is 5.56 Å². The van der Waals surface area contributed by atoms with Crippen molar-refractivity contribution in [2.24, 2.45) is 0 Å². The molecule has 2 heteroatoms. The van der Waals surface area contributed by atoms with Crippen LogP contribution in [0.2, 0.25) is 0 Å². The van der Waals surface area contributed by atoms with Crippen molar-refractivity contribution < 1.29 is 9.13 Å². The molecule has 0 aliphatic heterocycles. The SMILES string of the molecule is C#Cc1ccc(C#Cc2ccc(OCCCCCCC)cc2)cc1F. The van der Waals surface area contributed by atoms with Crippen molar-refractivity contribution in [3.63, 3.8) is 0 Å². The molecule has 2 rings (SSSR count). The van der Waals surface area contributed by atoms with Gasteiger partial charge in [0.2, 0.25) is 0 Å². The molecule has 0 aliphatic carbocycles. The molecule has 0 amide bonds. The Morgan fingerprint density at radius 1 is 0.920 bits per heavy atom. The Morgan fingerprint density at radius 3 is 2.28 bits per heavy atom. The molecule has 0 heterocycles. The number of hydrogen-bond acceptors (Lipinski definition) is 1. The maximum absolute atomic E-state index is 13.6. The minimum absolute atomic E-state index is 0.252. The molecule has 0 aliphatic rings. The van der Waals surface area contributed by atoms with Crippen molar-refractivity contribution in [3.8, 4) is 29.9 Å². The van der Waals surface area contributed by atoms with Gasteiger partial charge in [-0.3, -0.25) is 0 Å². The highest BCUT2D eigenvalue weighted by Gasteiger charge is 1.99. The Morgan fingerprint density at radius 2 is 1.60 bits per heavy atom. The first-order valence-electron chi connectivity index (χ1n) is 8.74. The second-order valence-corrected chi connectivity index (χ2v) is 5.88. The second-order valence-electron chi connectivity index (χ2n) is 5.88. The monoisotopic (exact) mass is 334 g/mol. The molecule has 0 unspecified atom stereocenters. The summed E-state index contributed by atoms with van der Waals surface area (Å²) in [5.41, 5.74) is 1.71. The van der Waals surface area contributed by atoms with E-state index in [0.29, 0.717) is 5.56 Å². The first kappa shape index (κ1) is 18.6. The topological polar surface area (TPSA) is 9.23 Å². The van der Waals surface area contributed by atoms with Gasteiger partial charge in [-0.2, -0.15) is 0 Å². The van der Waals surface area contributed by atoms with Gasteiger partial charge in [0, 0.05) is 11.1 Å². The zero-order chi connectivity index (χ0) is 17.9. The molecule has 0 radical (unpaired) electrons. The molecule has 128 valence electrons. The van der Waals surface area contributed by atoms with E-state index < -0.39 is 5.82 Å². The Kier molecular flexibility index (Phi) is 7.61. The van der Waals surface area contributed by atoms with Crippen LogP contribution in [0.5, 0.6) is 5.75 Å². The Labute approximate surface area is 150 Å². The molecule has 0 saturated heterocycles. The number of ether oxygens (including phenoxy) is 1. The summed E-state index contributed by atoms with van der Waals surface area (Å²) in [6.45, 7) is 2.96. The lowest BCUT2D eigenvalue weighted by molar-refractivity contribution is 0.304. The Hall–Kier alpha value is -2.71. The molecular formula is C23H23FO. The van der Waals surface area contributed by atoms with Crippen LogP contribution in [-0.4, -0.2) is 6.61 Å². The predicted molar refractivity (Wildman–Crippen MR) is 101 cm³/mol. The number of rotatable bonds is 7. The van der Waals surface area contributed by atoms with Gasteiger partial charge in [0.1, 0.15) is 11.6 Å². The fourth-order valence-electron chi connectivity index (χ4n) is 2.38. The van der Waals surface area contributed by atoms with Crippen molar-refractivity contribution in [3.05, 3.63) is 65.0 Å². The lowest BCUT2D eigenvalue weighted by atomic mass is 10.1. The zero-order valence-corrected chi connectivity index (χ0v) is 14.6. The van der Waals surface area contributed by atoms with E-state index in [4.69, 9.17) is 11.2 Å². The third-order valence-electron chi connectivity index (χ3n) is 3.85. The molecule has 2 aromatic rings. The molecule has 0 bridgehead atoms. The van der Waals surface area contributed by atoms with Crippen LogP contribution in [0.4, 0.5) is 4.39 Å². The minimum atomic E-state index is -0.419. The quantitative estimate of drug-likeness (QED) is 0.476. The van der Waals surface area contributed by atoms with Crippen LogP contribution in [-0.2, 0) is 0 Å². The van der Waals surface area contributed by atoms with Gasteiger partial charge in [-0.25, -0.2) is 4.39 Å². The molecule has 0 spiro atoms. The van der Waals surface area contributed by atoms with Crippen LogP contribution < -0.4 is 4.74 Å². The van der Waals surface area contributed by atoms with E-state index >= 15 is 0 Å². The molecule has 0 N–H and O–H groups in total. The summed E-state index contributed by atoms with van der Waals surface area (Å²) in [6.07, 6.45) is 11.3. The molecule has 25 heavy (non-hydrogen) atoms. The summed E-state index contributed by atoms with van der Waals surface area (Å²) in [7, 11) is 0. The summed E-state index contributed by atoms with van der Waals surface area (Å²) >= 11 is 0. The van der Waals surface area contributed by atoms with Crippen molar-refractivity contribution in [1.29, 1.82) is 0 Å². The molecule has 2 aromatic carbocycles. The van der Waals surface area contributed by atoms with Crippen molar-refractivity contribution >= 4 is 0 Å². The summed E-state index contributed by atoms with van der Waals surface area (Å²) in [4.78, 5) is 0. The van der Waals surface area contributed by atoms with Crippen LogP contribution in [0.1, 0.15) is 55.7 Å². The van der Waals surface area contributed by atoms with E-state index in [1.807, 2.05) is 24.3 Å². The molecule has 0 aromatic heterocycles. The summed E-state index contributed by atoms with van der Waals surface area (Å²) < 4.78 is 19.3. The van der Waals surface area contributed by atoms with E-state index in [1.54, 1.807) is 12.1 Å².